The van der Waals surface area contributed by atoms with Crippen molar-refractivity contribution in [3.05, 3.63) is 95.1 Å². The van der Waals surface area contributed by atoms with Gasteiger partial charge >= 0.3 is 0 Å². The number of nitrogens with one attached hydrogen (secondary N) is 2. The fourth-order valence-electron chi connectivity index (χ4n) is 3.59. The molecular weight excluding hydrogens is 400 g/mol. The van der Waals surface area contributed by atoms with E-state index in [9.17, 15) is 9.59 Å². The molecule has 0 unspecified atom stereocenters. The number of hydrogen-bond acceptors (Lipinski definition) is 3. The number of carbonyl (C=O) groups is 2. The van der Waals surface area contributed by atoms with Crippen molar-refractivity contribution in [3.8, 4) is 5.75 Å². The number of ether oxygens (including phenoxy) is 1. The van der Waals surface area contributed by atoms with Crippen LogP contribution >= 0.6 is 0 Å². The van der Waals surface area contributed by atoms with Crippen LogP contribution in [0.3, 0.4) is 0 Å². The highest BCUT2D eigenvalue weighted by atomic mass is 16.5. The van der Waals surface area contributed by atoms with E-state index in [1.165, 1.54) is 0 Å². The Bertz CT molecular complexity index is 1060. The smallest absolute Gasteiger partial charge is 0.265 e. The second-order valence-corrected chi connectivity index (χ2v) is 7.98. The maximum atomic E-state index is 13.0. The second kappa shape index (κ2) is 10.6. The zero-order valence-corrected chi connectivity index (χ0v) is 19.0. The van der Waals surface area contributed by atoms with Crippen molar-refractivity contribution >= 4 is 17.5 Å². The van der Waals surface area contributed by atoms with Gasteiger partial charge in [-0.2, -0.15) is 0 Å². The normalized spacial score (nSPS) is 12.5. The summed E-state index contributed by atoms with van der Waals surface area (Å²) < 4.78 is 5.97. The first-order valence-corrected chi connectivity index (χ1v) is 10.9. The molecule has 166 valence electrons. The summed E-state index contributed by atoms with van der Waals surface area (Å²) in [5, 5.41) is 5.88. The lowest BCUT2D eigenvalue weighted by molar-refractivity contribution is -0.122. The molecule has 2 amide bonds. The minimum atomic E-state index is -0.671. The van der Waals surface area contributed by atoms with Crippen molar-refractivity contribution < 1.29 is 14.3 Å². The summed E-state index contributed by atoms with van der Waals surface area (Å²) in [6, 6.07) is 22.5. The van der Waals surface area contributed by atoms with E-state index in [1.54, 1.807) is 24.3 Å². The lowest BCUT2D eigenvalue weighted by Gasteiger charge is -2.20. The molecule has 0 heterocycles. The van der Waals surface area contributed by atoms with Crippen molar-refractivity contribution in [2.75, 3.05) is 5.32 Å². The van der Waals surface area contributed by atoms with Gasteiger partial charge in [0.2, 0.25) is 0 Å². The van der Waals surface area contributed by atoms with Crippen molar-refractivity contribution in [1.29, 1.82) is 0 Å². The van der Waals surface area contributed by atoms with Crippen molar-refractivity contribution in [2.45, 2.75) is 46.3 Å². The van der Waals surface area contributed by atoms with Gasteiger partial charge in [-0.3, -0.25) is 9.59 Å². The van der Waals surface area contributed by atoms with E-state index >= 15 is 0 Å². The number of benzene rings is 3. The molecule has 2 atom stereocenters. The summed E-state index contributed by atoms with van der Waals surface area (Å²) in [4.78, 5) is 25.9. The molecule has 0 radical (unpaired) electrons. The van der Waals surface area contributed by atoms with Crippen LogP contribution in [-0.2, 0) is 4.79 Å². The van der Waals surface area contributed by atoms with Crippen LogP contribution in [0.15, 0.2) is 72.8 Å². The van der Waals surface area contributed by atoms with Crippen molar-refractivity contribution in [1.82, 2.24) is 5.32 Å². The van der Waals surface area contributed by atoms with E-state index in [0.29, 0.717) is 23.4 Å². The standard InChI is InChI=1S/C27H30N2O3/c1-5-25(32-22-16-18(2)15-19(3)17-22)27(31)29-24-14-10-9-13-23(24)26(30)28-20(4)21-11-7-6-8-12-21/h6-17,20,25H,5H2,1-4H3,(H,28,30)(H,29,31)/t20-,25-/m1/s1. The van der Waals surface area contributed by atoms with Gasteiger partial charge in [0.15, 0.2) is 6.10 Å². The summed E-state index contributed by atoms with van der Waals surface area (Å²) in [7, 11) is 0. The molecule has 0 fully saturated rings. The molecule has 32 heavy (non-hydrogen) atoms. The SMILES string of the molecule is CC[C@@H](Oc1cc(C)cc(C)c1)C(=O)Nc1ccccc1C(=O)N[C@H](C)c1ccccc1. The maximum absolute atomic E-state index is 13.0. The minimum Gasteiger partial charge on any atom is -0.481 e. The van der Waals surface area contributed by atoms with Crippen LogP contribution in [0.1, 0.15) is 53.4 Å². The Labute approximate surface area is 189 Å². The predicted octanol–water partition coefficient (Wildman–Crippen LogP) is 5.59. The topological polar surface area (TPSA) is 67.4 Å². The molecule has 5 nitrogen and oxygen atoms in total. The van der Waals surface area contributed by atoms with Crippen LogP contribution < -0.4 is 15.4 Å². The first kappa shape index (κ1) is 23.1. The number of amides is 2. The Morgan fingerprint density at radius 2 is 1.53 bits per heavy atom. The molecule has 0 saturated heterocycles. The van der Waals surface area contributed by atoms with E-state index in [-0.39, 0.29) is 17.9 Å². The number of carbonyl (C=O) groups excluding carboxylic acids is 2. The van der Waals surface area contributed by atoms with Gasteiger partial charge in [-0.15, -0.1) is 0 Å². The number of rotatable bonds is 8. The van der Waals surface area contributed by atoms with E-state index in [1.807, 2.05) is 70.2 Å². The monoisotopic (exact) mass is 430 g/mol. The Hall–Kier alpha value is -3.60. The lowest BCUT2D eigenvalue weighted by Crippen LogP contribution is -2.34. The fourth-order valence-corrected chi connectivity index (χ4v) is 3.59. The summed E-state index contributed by atoms with van der Waals surface area (Å²) >= 11 is 0. The Morgan fingerprint density at radius 1 is 0.906 bits per heavy atom. The Morgan fingerprint density at radius 3 is 2.19 bits per heavy atom. The number of aryl methyl sites for hydroxylation is 2. The highest BCUT2D eigenvalue weighted by molar-refractivity contribution is 6.04. The van der Waals surface area contributed by atoms with E-state index in [2.05, 4.69) is 16.7 Å². The molecule has 0 aliphatic heterocycles. The first-order chi connectivity index (χ1) is 15.4. The average Bonchev–Trinajstić information content (AvgIpc) is 2.77. The molecule has 3 aromatic rings. The Kier molecular flexibility index (Phi) is 7.66. The molecule has 0 bridgehead atoms. The number of anilines is 1. The minimum absolute atomic E-state index is 0.163. The van der Waals surface area contributed by atoms with E-state index in [0.717, 1.165) is 16.7 Å². The van der Waals surface area contributed by atoms with Gasteiger partial charge < -0.3 is 15.4 Å². The van der Waals surface area contributed by atoms with Crippen LogP contribution in [0.25, 0.3) is 0 Å². The highest BCUT2D eigenvalue weighted by Crippen LogP contribution is 2.21. The summed E-state index contributed by atoms with van der Waals surface area (Å²) in [5.74, 6) is 0.121. The van der Waals surface area contributed by atoms with Gasteiger partial charge in [-0.05, 0) is 68.1 Å². The van der Waals surface area contributed by atoms with Gasteiger partial charge in [0.25, 0.3) is 11.8 Å². The number of hydrogen-bond donors (Lipinski definition) is 2. The van der Waals surface area contributed by atoms with Crippen LogP contribution in [0.5, 0.6) is 5.75 Å². The van der Waals surface area contributed by atoms with Gasteiger partial charge in [-0.1, -0.05) is 55.5 Å². The molecule has 3 aromatic carbocycles. The largest absolute Gasteiger partial charge is 0.481 e. The quantitative estimate of drug-likeness (QED) is 0.489. The van der Waals surface area contributed by atoms with Gasteiger partial charge in [0.1, 0.15) is 5.75 Å². The molecular formula is C27H30N2O3. The van der Waals surface area contributed by atoms with Gasteiger partial charge in [0.05, 0.1) is 17.3 Å². The van der Waals surface area contributed by atoms with Crippen LogP contribution in [0, 0.1) is 13.8 Å². The van der Waals surface area contributed by atoms with Crippen LogP contribution in [0.2, 0.25) is 0 Å². The molecule has 0 aliphatic rings. The third-order valence-corrected chi connectivity index (χ3v) is 5.21. The third kappa shape index (κ3) is 5.97. The molecule has 2 N–H and O–H groups in total. The highest BCUT2D eigenvalue weighted by Gasteiger charge is 2.22. The molecule has 0 aliphatic carbocycles. The van der Waals surface area contributed by atoms with Gasteiger partial charge in [-0.25, -0.2) is 0 Å². The molecule has 0 aromatic heterocycles. The van der Waals surface area contributed by atoms with E-state index in [4.69, 9.17) is 4.74 Å². The zero-order valence-electron chi connectivity index (χ0n) is 19.0. The maximum Gasteiger partial charge on any atom is 0.265 e. The summed E-state index contributed by atoms with van der Waals surface area (Å²) in [6.45, 7) is 7.81. The van der Waals surface area contributed by atoms with E-state index < -0.39 is 6.10 Å². The fraction of sp³-hybridized carbons (Fsp3) is 0.259. The van der Waals surface area contributed by atoms with Crippen molar-refractivity contribution in [3.63, 3.8) is 0 Å². The average molecular weight is 431 g/mol. The van der Waals surface area contributed by atoms with Crippen LogP contribution in [0.4, 0.5) is 5.69 Å². The molecule has 3 rings (SSSR count). The molecule has 0 spiro atoms. The summed E-state index contributed by atoms with van der Waals surface area (Å²) in [5.41, 5.74) is 4.02. The molecule has 0 saturated carbocycles. The predicted molar refractivity (Wildman–Crippen MR) is 128 cm³/mol. The lowest BCUT2D eigenvalue weighted by atomic mass is 10.1. The summed E-state index contributed by atoms with van der Waals surface area (Å²) in [6.07, 6.45) is -0.173. The first-order valence-electron chi connectivity index (χ1n) is 10.9. The second-order valence-electron chi connectivity index (χ2n) is 7.98. The molecule has 5 heteroatoms. The third-order valence-electron chi connectivity index (χ3n) is 5.21. The van der Waals surface area contributed by atoms with Gasteiger partial charge in [0, 0.05) is 0 Å². The van der Waals surface area contributed by atoms with Crippen molar-refractivity contribution in [2.24, 2.45) is 0 Å². The zero-order chi connectivity index (χ0) is 23.1. The Balaban J connectivity index is 1.72. The van der Waals surface area contributed by atoms with Crippen LogP contribution in [-0.4, -0.2) is 17.9 Å². The number of para-hydroxylation sites is 1.